The maximum Gasteiger partial charge on any atom is 0.338 e. The van der Waals surface area contributed by atoms with E-state index in [-0.39, 0.29) is 18.9 Å². The Bertz CT molecular complexity index is 589. The Kier molecular flexibility index (Phi) is 10.0. The molecule has 0 radical (unpaired) electrons. The maximum atomic E-state index is 11.7. The van der Waals surface area contributed by atoms with Crippen LogP contribution in [0.1, 0.15) is 66.7 Å². The van der Waals surface area contributed by atoms with Gasteiger partial charge in [-0.25, -0.2) is 4.79 Å². The summed E-state index contributed by atoms with van der Waals surface area (Å²) in [5.74, 6) is 0.290. The summed E-state index contributed by atoms with van der Waals surface area (Å²) in [5, 5.41) is 0. The van der Waals surface area contributed by atoms with Crippen LogP contribution in [-0.4, -0.2) is 26.0 Å². The smallest absolute Gasteiger partial charge is 0.338 e. The van der Waals surface area contributed by atoms with Gasteiger partial charge in [-0.3, -0.25) is 0 Å². The molecule has 4 nitrogen and oxygen atoms in total. The van der Waals surface area contributed by atoms with Gasteiger partial charge in [0.15, 0.2) is 18.7 Å². The summed E-state index contributed by atoms with van der Waals surface area (Å²) in [6, 6.07) is 0. The van der Waals surface area contributed by atoms with Gasteiger partial charge in [0.25, 0.3) is 0 Å². The van der Waals surface area contributed by atoms with Crippen molar-refractivity contribution in [3.8, 4) is 0 Å². The van der Waals surface area contributed by atoms with Crippen LogP contribution in [0.5, 0.6) is 0 Å². The molecule has 0 amide bonds. The van der Waals surface area contributed by atoms with E-state index < -0.39 is 0 Å². The van der Waals surface area contributed by atoms with E-state index in [0.29, 0.717) is 17.8 Å². The second kappa shape index (κ2) is 11.7. The largest absolute Gasteiger partial charge is 0.467 e. The number of hydrogen-bond acceptors (Lipinski definition) is 4. The third-order valence-electron chi connectivity index (χ3n) is 4.35. The molecule has 1 atom stereocenters. The molecule has 0 aliphatic carbocycles. The van der Waals surface area contributed by atoms with Crippen molar-refractivity contribution in [3.05, 3.63) is 46.3 Å². The maximum absolute atomic E-state index is 11.7. The van der Waals surface area contributed by atoms with E-state index in [2.05, 4.69) is 45.9 Å². The summed E-state index contributed by atoms with van der Waals surface area (Å²) in [4.78, 5) is 11.7. The summed E-state index contributed by atoms with van der Waals surface area (Å²) >= 11 is 0. The Morgan fingerprint density at radius 1 is 1.04 bits per heavy atom. The number of allylic oxidation sites excluding steroid dienone is 5. The van der Waals surface area contributed by atoms with Gasteiger partial charge in [-0.15, -0.1) is 0 Å². The Morgan fingerprint density at radius 3 is 2.27 bits per heavy atom. The summed E-state index contributed by atoms with van der Waals surface area (Å²) < 4.78 is 15.8. The van der Waals surface area contributed by atoms with Crippen LogP contribution in [0.3, 0.4) is 0 Å². The van der Waals surface area contributed by atoms with Crippen LogP contribution in [0, 0.1) is 0 Å². The number of methoxy groups -OCH3 is 1. The van der Waals surface area contributed by atoms with E-state index in [1.165, 1.54) is 16.7 Å². The molecule has 1 rings (SSSR count). The Labute approximate surface area is 158 Å². The van der Waals surface area contributed by atoms with Crippen molar-refractivity contribution in [2.24, 2.45) is 0 Å². The Hall–Kier alpha value is -1.81. The lowest BCUT2D eigenvalue weighted by molar-refractivity contribution is -0.140. The Balaban J connectivity index is 2.45. The van der Waals surface area contributed by atoms with Gasteiger partial charge in [0.05, 0.1) is 5.57 Å². The number of carbonyl (C=O) groups excluding carboxylic acids is 1. The van der Waals surface area contributed by atoms with E-state index in [0.717, 1.165) is 25.7 Å². The first-order valence-electron chi connectivity index (χ1n) is 9.33. The summed E-state index contributed by atoms with van der Waals surface area (Å²) in [7, 11) is 1.56. The fourth-order valence-electron chi connectivity index (χ4n) is 2.74. The van der Waals surface area contributed by atoms with E-state index in [1.807, 2.05) is 0 Å². The quantitative estimate of drug-likeness (QED) is 0.272. The number of rotatable bonds is 11. The number of carbonyl (C=O) groups is 1. The standard InChI is InChI=1S/C22H34O4/c1-16(2)9-7-10-17(3)11-8-12-18(4)13-14-20-21(25-15-24-6)19(5)22(23)26-20/h9,11,13,20H,7-8,10,12,14-15H2,1-6H3. The van der Waals surface area contributed by atoms with Crippen LogP contribution >= 0.6 is 0 Å². The highest BCUT2D eigenvalue weighted by Crippen LogP contribution is 2.27. The second-order valence-electron chi connectivity index (χ2n) is 7.13. The van der Waals surface area contributed by atoms with Gasteiger partial charge in [-0.05, 0) is 60.3 Å². The van der Waals surface area contributed by atoms with Crippen molar-refractivity contribution in [1.82, 2.24) is 0 Å². The second-order valence-corrected chi connectivity index (χ2v) is 7.13. The van der Waals surface area contributed by atoms with E-state index in [4.69, 9.17) is 14.2 Å². The predicted octanol–water partition coefficient (Wildman–Crippen LogP) is 5.62. The van der Waals surface area contributed by atoms with Crippen molar-refractivity contribution >= 4 is 5.97 Å². The van der Waals surface area contributed by atoms with Gasteiger partial charge in [0, 0.05) is 13.5 Å². The minimum Gasteiger partial charge on any atom is -0.467 e. The summed E-state index contributed by atoms with van der Waals surface area (Å²) in [5.41, 5.74) is 4.65. The molecule has 0 saturated carbocycles. The molecule has 1 unspecified atom stereocenters. The van der Waals surface area contributed by atoms with Crippen molar-refractivity contribution in [3.63, 3.8) is 0 Å². The third-order valence-corrected chi connectivity index (χ3v) is 4.35. The molecule has 0 aromatic heterocycles. The number of cyclic esters (lactones) is 1. The molecule has 0 aromatic rings. The van der Waals surface area contributed by atoms with Crippen molar-refractivity contribution in [2.45, 2.75) is 72.8 Å². The van der Waals surface area contributed by atoms with Gasteiger partial charge >= 0.3 is 5.97 Å². The van der Waals surface area contributed by atoms with Gasteiger partial charge in [0.2, 0.25) is 0 Å². The summed E-state index contributed by atoms with van der Waals surface area (Å²) in [6.45, 7) is 10.4. The minimum atomic E-state index is -0.339. The lowest BCUT2D eigenvalue weighted by atomic mass is 10.0. The molecule has 1 heterocycles. The monoisotopic (exact) mass is 362 g/mol. The van der Waals surface area contributed by atoms with Gasteiger partial charge in [-0.1, -0.05) is 34.9 Å². The molecule has 0 saturated heterocycles. The zero-order valence-electron chi connectivity index (χ0n) is 17.2. The molecule has 0 N–H and O–H groups in total. The van der Waals surface area contributed by atoms with Crippen LogP contribution in [0.15, 0.2) is 46.3 Å². The van der Waals surface area contributed by atoms with Crippen LogP contribution in [-0.2, 0) is 19.0 Å². The zero-order valence-corrected chi connectivity index (χ0v) is 17.2. The predicted molar refractivity (Wildman–Crippen MR) is 106 cm³/mol. The highest BCUT2D eigenvalue weighted by Gasteiger charge is 2.32. The average Bonchev–Trinajstić information content (AvgIpc) is 2.85. The average molecular weight is 363 g/mol. The highest BCUT2D eigenvalue weighted by molar-refractivity contribution is 5.91. The molecular formula is C22H34O4. The molecular weight excluding hydrogens is 328 g/mol. The third kappa shape index (κ3) is 8.05. The first-order chi connectivity index (χ1) is 12.3. The molecule has 1 aliphatic rings. The van der Waals surface area contributed by atoms with Crippen LogP contribution in [0.4, 0.5) is 0 Å². The first-order valence-corrected chi connectivity index (χ1v) is 9.33. The lowest BCUT2D eigenvalue weighted by Crippen LogP contribution is -2.13. The molecule has 4 heteroatoms. The van der Waals surface area contributed by atoms with E-state index in [1.54, 1.807) is 14.0 Å². The van der Waals surface area contributed by atoms with E-state index >= 15 is 0 Å². The van der Waals surface area contributed by atoms with Gasteiger partial charge in [-0.2, -0.15) is 0 Å². The number of ether oxygens (including phenoxy) is 3. The molecule has 1 aliphatic heterocycles. The van der Waals surface area contributed by atoms with Crippen molar-refractivity contribution < 1.29 is 19.0 Å². The van der Waals surface area contributed by atoms with Crippen LogP contribution in [0.2, 0.25) is 0 Å². The minimum absolute atomic E-state index is 0.124. The van der Waals surface area contributed by atoms with Crippen molar-refractivity contribution in [2.75, 3.05) is 13.9 Å². The van der Waals surface area contributed by atoms with Crippen LogP contribution < -0.4 is 0 Å². The lowest BCUT2D eigenvalue weighted by Gasteiger charge is -2.13. The SMILES string of the molecule is COCOC1=C(C)C(=O)OC1CC=C(C)CCC=C(C)CCC=C(C)C. The zero-order chi connectivity index (χ0) is 19.5. The molecule has 146 valence electrons. The topological polar surface area (TPSA) is 44.8 Å². The molecule has 0 fully saturated rings. The highest BCUT2D eigenvalue weighted by atomic mass is 16.7. The fourth-order valence-corrected chi connectivity index (χ4v) is 2.74. The van der Waals surface area contributed by atoms with Crippen LogP contribution in [0.25, 0.3) is 0 Å². The molecule has 26 heavy (non-hydrogen) atoms. The number of hydrogen-bond donors (Lipinski definition) is 0. The van der Waals surface area contributed by atoms with Crippen molar-refractivity contribution in [1.29, 1.82) is 0 Å². The van der Waals surface area contributed by atoms with Gasteiger partial charge in [0.1, 0.15) is 0 Å². The first kappa shape index (κ1) is 22.2. The molecule has 0 spiro atoms. The normalized spacial score (nSPS) is 18.2. The summed E-state index contributed by atoms with van der Waals surface area (Å²) in [6.07, 6.45) is 11.3. The van der Waals surface area contributed by atoms with Gasteiger partial charge < -0.3 is 14.2 Å². The Morgan fingerprint density at radius 2 is 1.65 bits per heavy atom. The fraction of sp³-hybridized carbons (Fsp3) is 0.591. The molecule has 0 bridgehead atoms. The van der Waals surface area contributed by atoms with E-state index in [9.17, 15) is 4.79 Å². The number of esters is 1. The molecule has 0 aromatic carbocycles.